The molecule has 0 heterocycles. The predicted octanol–water partition coefficient (Wildman–Crippen LogP) is -0.564. The van der Waals surface area contributed by atoms with E-state index in [0.717, 1.165) is 4.48 Å². The van der Waals surface area contributed by atoms with Crippen LogP contribution < -0.4 is 5.32 Å². The molecule has 0 fully saturated rings. The van der Waals surface area contributed by atoms with Crippen molar-refractivity contribution in [3.8, 4) is 0 Å². The van der Waals surface area contributed by atoms with Crippen molar-refractivity contribution in [3.63, 3.8) is 0 Å². The highest BCUT2D eigenvalue weighted by atomic mass is 16.4. The van der Waals surface area contributed by atoms with Gasteiger partial charge in [0.25, 0.3) is 0 Å². The van der Waals surface area contributed by atoms with Gasteiger partial charge in [-0.25, -0.2) is 0 Å². The molecule has 5 heteroatoms. The van der Waals surface area contributed by atoms with Gasteiger partial charge in [-0.1, -0.05) is 0 Å². The number of rotatable bonds is 2. The van der Waals surface area contributed by atoms with Crippen LogP contribution in [-0.4, -0.2) is 62.8 Å². The summed E-state index contributed by atoms with van der Waals surface area (Å²) in [5, 5.41) is 10.3. The minimum atomic E-state index is -0.822. The molecule has 0 radical (unpaired) electrons. The van der Waals surface area contributed by atoms with Crippen molar-refractivity contribution in [2.75, 3.05) is 41.8 Å². The van der Waals surface area contributed by atoms with Crippen LogP contribution in [0.4, 0.5) is 0 Å². The van der Waals surface area contributed by atoms with Gasteiger partial charge >= 0.3 is 5.97 Å². The molecule has 0 aliphatic heterocycles. The third-order valence-corrected chi connectivity index (χ3v) is 0.328. The normalized spacial score (nSPS) is 9.08. The van der Waals surface area contributed by atoms with Crippen LogP contribution in [0, 0.1) is 0 Å². The minimum absolute atomic E-state index is 0. The van der Waals surface area contributed by atoms with E-state index in [1.54, 1.807) is 7.05 Å². The molecule has 0 atom stereocenters. The predicted molar refractivity (Wildman–Crippen MR) is 47.5 cm³/mol. The number of hydrogen-bond acceptors (Lipinski definition) is 3. The summed E-state index contributed by atoms with van der Waals surface area (Å²) < 4.78 is 1.00. The highest BCUT2D eigenvalue weighted by Crippen LogP contribution is 1.73. The lowest BCUT2D eigenvalue weighted by Crippen LogP contribution is -2.27. The molecule has 0 aromatic rings. The van der Waals surface area contributed by atoms with Crippen LogP contribution in [0.3, 0.4) is 0 Å². The molecule has 0 saturated carbocycles. The SMILES string of the molecule is CNCC(=O)O.C[N+](C)(C)C.[OH-]. The fraction of sp³-hybridized carbons (Fsp3) is 0.857. The zero-order valence-corrected chi connectivity index (χ0v) is 8.46. The van der Waals surface area contributed by atoms with Gasteiger partial charge in [-0.3, -0.25) is 4.79 Å². The summed E-state index contributed by atoms with van der Waals surface area (Å²) >= 11 is 0. The van der Waals surface area contributed by atoms with Crippen LogP contribution in [0.2, 0.25) is 0 Å². The van der Waals surface area contributed by atoms with Crippen LogP contribution in [0.1, 0.15) is 0 Å². The molecule has 0 amide bonds. The monoisotopic (exact) mass is 180 g/mol. The fourth-order valence-corrected chi connectivity index (χ4v) is 0.151. The van der Waals surface area contributed by atoms with Gasteiger partial charge < -0.3 is 20.4 Å². The first-order chi connectivity index (χ1) is 4.77. The molecule has 0 rings (SSSR count). The Hall–Kier alpha value is -0.650. The Morgan fingerprint density at radius 1 is 1.33 bits per heavy atom. The Balaban J connectivity index is -0.000000126. The molecule has 0 spiro atoms. The van der Waals surface area contributed by atoms with Gasteiger partial charge in [-0.05, 0) is 7.05 Å². The number of carboxylic acid groups (broad SMARTS) is 1. The van der Waals surface area contributed by atoms with E-state index >= 15 is 0 Å². The summed E-state index contributed by atoms with van der Waals surface area (Å²) in [6.45, 7) is 0.0417. The van der Waals surface area contributed by atoms with Crippen LogP contribution in [0.5, 0.6) is 0 Å². The Morgan fingerprint density at radius 3 is 1.58 bits per heavy atom. The number of hydrogen-bond donors (Lipinski definition) is 2. The van der Waals surface area contributed by atoms with Crippen molar-refractivity contribution < 1.29 is 19.9 Å². The molecule has 0 aliphatic rings. The molecule has 12 heavy (non-hydrogen) atoms. The van der Waals surface area contributed by atoms with Crippen molar-refractivity contribution in [3.05, 3.63) is 0 Å². The van der Waals surface area contributed by atoms with Gasteiger partial charge in [-0.2, -0.15) is 0 Å². The van der Waals surface area contributed by atoms with Crippen molar-refractivity contribution in [2.45, 2.75) is 0 Å². The maximum Gasteiger partial charge on any atom is 0.317 e. The van der Waals surface area contributed by atoms with Crippen molar-refractivity contribution in [1.82, 2.24) is 5.32 Å². The van der Waals surface area contributed by atoms with E-state index in [4.69, 9.17) is 5.11 Å². The number of nitrogens with zero attached hydrogens (tertiary/aromatic N) is 1. The van der Waals surface area contributed by atoms with Gasteiger partial charge in [0.05, 0.1) is 34.7 Å². The quantitative estimate of drug-likeness (QED) is 0.558. The first-order valence-corrected chi connectivity index (χ1v) is 3.42. The van der Waals surface area contributed by atoms with Gasteiger partial charge in [-0.15, -0.1) is 0 Å². The van der Waals surface area contributed by atoms with Gasteiger partial charge in [0.2, 0.25) is 0 Å². The Bertz CT molecular complexity index is 104. The van der Waals surface area contributed by atoms with E-state index in [2.05, 4.69) is 33.5 Å². The average molecular weight is 180 g/mol. The number of nitrogens with one attached hydrogen (secondary N) is 1. The second kappa shape index (κ2) is 8.45. The topological polar surface area (TPSA) is 79.3 Å². The molecule has 0 aromatic heterocycles. The first kappa shape index (κ1) is 17.4. The Kier molecular flexibility index (Phi) is 12.3. The number of aliphatic carboxylic acids is 1. The highest BCUT2D eigenvalue weighted by molar-refractivity contribution is 5.68. The minimum Gasteiger partial charge on any atom is -0.870 e. The average Bonchev–Trinajstić information content (AvgIpc) is 1.58. The molecule has 76 valence electrons. The summed E-state index contributed by atoms with van der Waals surface area (Å²) in [5.41, 5.74) is 0. The lowest BCUT2D eigenvalue weighted by molar-refractivity contribution is -0.849. The van der Waals surface area contributed by atoms with E-state index in [0.29, 0.717) is 0 Å². The summed E-state index contributed by atoms with van der Waals surface area (Å²) in [7, 11) is 10.1. The highest BCUT2D eigenvalue weighted by Gasteiger charge is 1.88. The Labute approximate surface area is 73.9 Å². The molecule has 0 aromatic carbocycles. The maximum absolute atomic E-state index is 9.54. The molecule has 0 unspecified atom stereocenters. The maximum atomic E-state index is 9.54. The molecule has 3 N–H and O–H groups in total. The van der Waals surface area contributed by atoms with E-state index in [9.17, 15) is 4.79 Å². The molecule has 0 saturated heterocycles. The summed E-state index contributed by atoms with van der Waals surface area (Å²) in [4.78, 5) is 9.54. The van der Waals surface area contributed by atoms with E-state index in [1.165, 1.54) is 0 Å². The van der Waals surface area contributed by atoms with Crippen molar-refractivity contribution in [1.29, 1.82) is 0 Å². The number of likely N-dealkylation sites (N-methyl/N-ethyl adjacent to an activating group) is 1. The number of carbonyl (C=O) groups is 1. The fourth-order valence-electron chi connectivity index (χ4n) is 0.151. The zero-order valence-electron chi connectivity index (χ0n) is 8.46. The third-order valence-electron chi connectivity index (χ3n) is 0.328. The first-order valence-electron chi connectivity index (χ1n) is 3.42. The molecular weight excluding hydrogens is 160 g/mol. The van der Waals surface area contributed by atoms with E-state index < -0.39 is 5.97 Å². The van der Waals surface area contributed by atoms with Crippen LogP contribution in [0.15, 0.2) is 0 Å². The lowest BCUT2D eigenvalue weighted by atomic mass is 10.7. The molecule has 5 nitrogen and oxygen atoms in total. The number of quaternary nitrogens is 1. The lowest BCUT2D eigenvalue weighted by Gasteiger charge is -2.14. The smallest absolute Gasteiger partial charge is 0.317 e. The van der Waals surface area contributed by atoms with E-state index in [-0.39, 0.29) is 12.0 Å². The summed E-state index contributed by atoms with van der Waals surface area (Å²) in [5.74, 6) is -0.822. The van der Waals surface area contributed by atoms with Gasteiger partial charge in [0.1, 0.15) is 0 Å². The van der Waals surface area contributed by atoms with E-state index in [1.807, 2.05) is 0 Å². The second-order valence-corrected chi connectivity index (χ2v) is 3.61. The summed E-state index contributed by atoms with van der Waals surface area (Å²) in [6.07, 6.45) is 0. The Morgan fingerprint density at radius 2 is 1.58 bits per heavy atom. The van der Waals surface area contributed by atoms with Crippen molar-refractivity contribution in [2.24, 2.45) is 0 Å². The van der Waals surface area contributed by atoms with Crippen molar-refractivity contribution >= 4 is 5.97 Å². The van der Waals surface area contributed by atoms with Crippen LogP contribution >= 0.6 is 0 Å². The third kappa shape index (κ3) is 118. The van der Waals surface area contributed by atoms with Gasteiger partial charge in [0, 0.05) is 0 Å². The standard InChI is InChI=1S/C4H12N.C3H7NO2.H2O/c1-5(2,3)4;1-4-2-3(5)6;/h1-4H3;4H,2H2,1H3,(H,5,6);1H2/q+1;;/p-1. The van der Waals surface area contributed by atoms with Crippen LogP contribution in [0.25, 0.3) is 0 Å². The number of carboxylic acids is 1. The molecule has 0 bridgehead atoms. The molecular formula is C7H20N2O3. The second-order valence-electron chi connectivity index (χ2n) is 3.61. The summed E-state index contributed by atoms with van der Waals surface area (Å²) in [6, 6.07) is 0. The zero-order chi connectivity index (χ0) is 9.49. The van der Waals surface area contributed by atoms with Crippen LogP contribution in [-0.2, 0) is 4.79 Å². The van der Waals surface area contributed by atoms with Gasteiger partial charge in [0.15, 0.2) is 0 Å². The molecule has 0 aliphatic carbocycles. The largest absolute Gasteiger partial charge is 0.870 e.